The molecule has 3 aromatic heterocycles. The molecule has 3 aromatic rings. The Balaban J connectivity index is 1.59. The van der Waals surface area contributed by atoms with Crippen LogP contribution in [0, 0.1) is 0 Å². The minimum absolute atomic E-state index is 0.154. The van der Waals surface area contributed by atoms with Crippen LogP contribution in [-0.2, 0) is 12.8 Å². The minimum Gasteiger partial charge on any atom is -0.357 e. The number of fused-ring (bicyclic) bond motifs is 2. The number of nitrogens with zero attached hydrogens (tertiary/aromatic N) is 4. The summed E-state index contributed by atoms with van der Waals surface area (Å²) >= 11 is 1.39. The molecule has 20 heavy (non-hydrogen) atoms. The molecule has 8 heteroatoms. The average Bonchev–Trinajstić information content (AvgIpc) is 3.05. The van der Waals surface area contributed by atoms with Gasteiger partial charge in [-0.25, -0.2) is 4.98 Å². The van der Waals surface area contributed by atoms with Gasteiger partial charge < -0.3 is 5.32 Å². The zero-order valence-corrected chi connectivity index (χ0v) is 11.4. The summed E-state index contributed by atoms with van der Waals surface area (Å²) in [6.45, 7) is 0. The first-order chi connectivity index (χ1) is 9.79. The van der Waals surface area contributed by atoms with Gasteiger partial charge in [-0.1, -0.05) is 11.3 Å². The van der Waals surface area contributed by atoms with Gasteiger partial charge in [-0.3, -0.25) is 9.89 Å². The van der Waals surface area contributed by atoms with Gasteiger partial charge in [0.2, 0.25) is 10.1 Å². The molecule has 0 saturated heterocycles. The molecule has 0 radical (unpaired) electrons. The molecule has 0 aromatic carbocycles. The van der Waals surface area contributed by atoms with Gasteiger partial charge in [-0.05, 0) is 18.4 Å². The van der Waals surface area contributed by atoms with E-state index in [0.717, 1.165) is 24.4 Å². The summed E-state index contributed by atoms with van der Waals surface area (Å²) in [5.41, 5.74) is 2.33. The van der Waals surface area contributed by atoms with E-state index in [4.69, 9.17) is 0 Å². The summed E-state index contributed by atoms with van der Waals surface area (Å²) in [5.74, 6) is 0. The van der Waals surface area contributed by atoms with Crippen LogP contribution in [0.1, 0.15) is 17.7 Å². The molecule has 0 bridgehead atoms. The Kier molecular flexibility index (Phi) is 2.56. The Labute approximate surface area is 117 Å². The highest BCUT2D eigenvalue weighted by atomic mass is 32.1. The van der Waals surface area contributed by atoms with Crippen LogP contribution >= 0.6 is 11.3 Å². The van der Waals surface area contributed by atoms with E-state index in [1.165, 1.54) is 39.4 Å². The number of aromatic amines is 1. The zero-order valence-electron chi connectivity index (χ0n) is 10.5. The first kappa shape index (κ1) is 11.6. The average molecular weight is 288 g/mol. The number of H-pyrrole nitrogens is 1. The van der Waals surface area contributed by atoms with Crippen LogP contribution < -0.4 is 10.9 Å². The van der Waals surface area contributed by atoms with Crippen molar-refractivity contribution >= 4 is 21.4 Å². The van der Waals surface area contributed by atoms with Crippen molar-refractivity contribution in [3.05, 3.63) is 40.1 Å². The summed E-state index contributed by atoms with van der Waals surface area (Å²) < 4.78 is 1.33. The van der Waals surface area contributed by atoms with Gasteiger partial charge in [0, 0.05) is 30.4 Å². The van der Waals surface area contributed by atoms with Gasteiger partial charge in [0.1, 0.15) is 0 Å². The quantitative estimate of drug-likeness (QED) is 0.729. The molecular formula is C12H12N6OS. The largest absolute Gasteiger partial charge is 0.357 e. The van der Waals surface area contributed by atoms with E-state index in [0.29, 0.717) is 11.0 Å². The van der Waals surface area contributed by atoms with Gasteiger partial charge in [0.05, 0.1) is 6.20 Å². The summed E-state index contributed by atoms with van der Waals surface area (Å²) in [6, 6.07) is 1.72. The fourth-order valence-corrected chi connectivity index (χ4v) is 3.36. The van der Waals surface area contributed by atoms with Crippen LogP contribution in [0.25, 0.3) is 4.96 Å². The molecular weight excluding hydrogens is 276 g/mol. The van der Waals surface area contributed by atoms with Crippen molar-refractivity contribution in [1.82, 2.24) is 24.8 Å². The molecule has 2 N–H and O–H groups in total. The zero-order chi connectivity index (χ0) is 13.5. The second-order valence-corrected chi connectivity index (χ2v) is 5.80. The maximum absolute atomic E-state index is 11.6. The number of anilines is 1. The highest BCUT2D eigenvalue weighted by Crippen LogP contribution is 2.23. The molecule has 0 spiro atoms. The first-order valence-electron chi connectivity index (χ1n) is 6.42. The lowest BCUT2D eigenvalue weighted by molar-refractivity contribution is 0.601. The van der Waals surface area contributed by atoms with Crippen molar-refractivity contribution in [3.63, 3.8) is 0 Å². The van der Waals surface area contributed by atoms with E-state index < -0.39 is 0 Å². The second kappa shape index (κ2) is 4.41. The lowest BCUT2D eigenvalue weighted by atomic mass is 9.94. The van der Waals surface area contributed by atoms with E-state index >= 15 is 0 Å². The Morgan fingerprint density at radius 3 is 3.35 bits per heavy atom. The molecule has 1 unspecified atom stereocenters. The molecule has 7 nitrogen and oxygen atoms in total. The van der Waals surface area contributed by atoms with E-state index in [2.05, 4.69) is 25.6 Å². The summed E-state index contributed by atoms with van der Waals surface area (Å²) in [6.07, 6.45) is 6.34. The summed E-state index contributed by atoms with van der Waals surface area (Å²) in [5, 5.41) is 15.5. The summed E-state index contributed by atoms with van der Waals surface area (Å²) in [4.78, 5) is 16.4. The molecule has 4 rings (SSSR count). The number of rotatable bonds is 2. The highest BCUT2D eigenvalue weighted by Gasteiger charge is 2.21. The van der Waals surface area contributed by atoms with E-state index in [9.17, 15) is 4.79 Å². The van der Waals surface area contributed by atoms with Crippen LogP contribution in [0.2, 0.25) is 0 Å². The fourth-order valence-electron chi connectivity index (χ4n) is 2.51. The Morgan fingerprint density at radius 2 is 2.45 bits per heavy atom. The van der Waals surface area contributed by atoms with Crippen molar-refractivity contribution in [1.29, 1.82) is 0 Å². The lowest BCUT2D eigenvalue weighted by Crippen LogP contribution is -2.27. The predicted octanol–water partition coefficient (Wildman–Crippen LogP) is 0.843. The normalized spacial score (nSPS) is 18.1. The van der Waals surface area contributed by atoms with Crippen molar-refractivity contribution in [2.45, 2.75) is 25.3 Å². The molecule has 1 aliphatic carbocycles. The van der Waals surface area contributed by atoms with E-state index in [1.807, 2.05) is 6.20 Å². The van der Waals surface area contributed by atoms with Crippen LogP contribution in [0.5, 0.6) is 0 Å². The third-order valence-electron chi connectivity index (χ3n) is 3.52. The standard InChI is InChI=1S/C12H12N6OS/c19-10-3-4-13-12-18(10)17-11(20-12)15-8-2-1-7-6-14-16-9(7)5-8/h3-4,6,8H,1-2,5H2,(H,14,16)(H,15,17). The number of nitrogens with one attached hydrogen (secondary N) is 2. The Hall–Kier alpha value is -2.22. The van der Waals surface area contributed by atoms with Crippen LogP contribution in [-0.4, -0.2) is 30.8 Å². The van der Waals surface area contributed by atoms with Gasteiger partial charge in [0.25, 0.3) is 5.56 Å². The van der Waals surface area contributed by atoms with E-state index in [1.54, 1.807) is 0 Å². The third kappa shape index (κ3) is 1.88. The lowest BCUT2D eigenvalue weighted by Gasteiger charge is -2.21. The van der Waals surface area contributed by atoms with Gasteiger partial charge in [0.15, 0.2) is 0 Å². The van der Waals surface area contributed by atoms with Crippen LogP contribution in [0.3, 0.4) is 0 Å². The van der Waals surface area contributed by atoms with Crippen molar-refractivity contribution in [3.8, 4) is 0 Å². The van der Waals surface area contributed by atoms with Crippen LogP contribution in [0.15, 0.2) is 23.3 Å². The maximum atomic E-state index is 11.6. The SMILES string of the molecule is O=c1ccnc2sc(NC3CCc4cn[nH]c4C3)nn12. The molecule has 0 saturated carbocycles. The minimum atomic E-state index is -0.154. The molecule has 3 heterocycles. The van der Waals surface area contributed by atoms with Gasteiger partial charge >= 0.3 is 0 Å². The van der Waals surface area contributed by atoms with Gasteiger partial charge in [-0.15, -0.1) is 5.10 Å². The highest BCUT2D eigenvalue weighted by molar-refractivity contribution is 7.20. The van der Waals surface area contributed by atoms with Crippen LogP contribution in [0.4, 0.5) is 5.13 Å². The van der Waals surface area contributed by atoms with E-state index in [-0.39, 0.29) is 5.56 Å². The van der Waals surface area contributed by atoms with Crippen molar-refractivity contribution in [2.75, 3.05) is 5.32 Å². The number of hydrogen-bond acceptors (Lipinski definition) is 6. The molecule has 0 amide bonds. The maximum Gasteiger partial charge on any atom is 0.275 e. The molecule has 1 atom stereocenters. The molecule has 1 aliphatic rings. The fraction of sp³-hybridized carbons (Fsp3) is 0.333. The topological polar surface area (TPSA) is 88.0 Å². The third-order valence-corrected chi connectivity index (χ3v) is 4.37. The Morgan fingerprint density at radius 1 is 1.50 bits per heavy atom. The van der Waals surface area contributed by atoms with Crippen molar-refractivity contribution < 1.29 is 0 Å². The molecule has 102 valence electrons. The summed E-state index contributed by atoms with van der Waals surface area (Å²) in [7, 11) is 0. The molecule has 0 aliphatic heterocycles. The first-order valence-corrected chi connectivity index (χ1v) is 7.24. The van der Waals surface area contributed by atoms with Crippen molar-refractivity contribution in [2.24, 2.45) is 0 Å². The number of hydrogen-bond donors (Lipinski definition) is 2. The number of aryl methyl sites for hydroxylation is 1. The predicted molar refractivity (Wildman–Crippen MR) is 75.2 cm³/mol. The molecule has 0 fully saturated rings. The van der Waals surface area contributed by atoms with Gasteiger partial charge in [-0.2, -0.15) is 9.61 Å². The monoisotopic (exact) mass is 288 g/mol. The number of aromatic nitrogens is 5. The Bertz CT molecular complexity index is 819. The second-order valence-electron chi connectivity index (χ2n) is 4.84. The smallest absolute Gasteiger partial charge is 0.275 e.